The van der Waals surface area contributed by atoms with E-state index < -0.39 is 0 Å². The summed E-state index contributed by atoms with van der Waals surface area (Å²) < 4.78 is 0. The van der Waals surface area contributed by atoms with Crippen LogP contribution in [-0.2, 0) is 10.2 Å². The van der Waals surface area contributed by atoms with E-state index in [4.69, 9.17) is 0 Å². The number of carbonyl (C=O) groups is 2. The Bertz CT molecular complexity index is 829. The Morgan fingerprint density at radius 2 is 1.55 bits per heavy atom. The molecule has 0 radical (unpaired) electrons. The second-order valence-corrected chi connectivity index (χ2v) is 9.03. The molecule has 1 saturated heterocycles. The van der Waals surface area contributed by atoms with Gasteiger partial charge in [-0.2, -0.15) is 0 Å². The van der Waals surface area contributed by atoms with Gasteiger partial charge in [0.15, 0.2) is 5.78 Å². The van der Waals surface area contributed by atoms with Gasteiger partial charge in [0.2, 0.25) is 5.91 Å². The van der Waals surface area contributed by atoms with Gasteiger partial charge in [-0.25, -0.2) is 0 Å². The van der Waals surface area contributed by atoms with Crippen LogP contribution in [0.4, 0.5) is 5.69 Å². The number of hydrogen-bond acceptors (Lipinski definition) is 3. The van der Waals surface area contributed by atoms with E-state index in [9.17, 15) is 9.59 Å². The van der Waals surface area contributed by atoms with E-state index in [1.165, 1.54) is 5.56 Å². The zero-order valence-corrected chi connectivity index (χ0v) is 17.9. The Hall–Kier alpha value is -2.46. The molecule has 1 heterocycles. The quantitative estimate of drug-likeness (QED) is 0.736. The number of amides is 1. The van der Waals surface area contributed by atoms with Crippen molar-refractivity contribution in [3.05, 3.63) is 65.7 Å². The number of likely N-dealkylation sites (tertiary alicyclic amines) is 1. The molecule has 4 heteroatoms. The summed E-state index contributed by atoms with van der Waals surface area (Å²) in [5.74, 6) is 0.275. The van der Waals surface area contributed by atoms with E-state index in [1.54, 1.807) is 0 Å². The molecule has 3 rings (SSSR count). The highest BCUT2D eigenvalue weighted by Gasteiger charge is 2.30. The topological polar surface area (TPSA) is 49.4 Å². The third-order valence-electron chi connectivity index (χ3n) is 5.90. The lowest BCUT2D eigenvalue weighted by Gasteiger charge is -2.34. The number of carbonyl (C=O) groups excluding carboxylic acids is 2. The van der Waals surface area contributed by atoms with Crippen LogP contribution in [0.15, 0.2) is 54.6 Å². The van der Waals surface area contributed by atoms with Crippen LogP contribution in [0.3, 0.4) is 0 Å². The average Bonchev–Trinajstić information content (AvgIpc) is 2.73. The van der Waals surface area contributed by atoms with Crippen LogP contribution in [0.1, 0.15) is 56.5 Å². The van der Waals surface area contributed by atoms with Crippen molar-refractivity contribution in [2.45, 2.75) is 52.0 Å². The zero-order chi connectivity index (χ0) is 21.0. The lowest BCUT2D eigenvalue weighted by atomic mass is 9.87. The summed E-state index contributed by atoms with van der Waals surface area (Å²) in [4.78, 5) is 27.5. The number of hydrogen-bond donors (Lipinski definition) is 1. The second-order valence-electron chi connectivity index (χ2n) is 9.03. The molecule has 4 nitrogen and oxygen atoms in total. The molecule has 154 valence electrons. The summed E-state index contributed by atoms with van der Waals surface area (Å²) in [5.41, 5.74) is 2.95. The highest BCUT2D eigenvalue weighted by molar-refractivity contribution is 5.98. The summed E-state index contributed by atoms with van der Waals surface area (Å²) >= 11 is 0. The molecule has 2 aromatic rings. The van der Waals surface area contributed by atoms with Gasteiger partial charge >= 0.3 is 0 Å². The number of nitrogens with one attached hydrogen (secondary N) is 1. The van der Waals surface area contributed by atoms with Crippen molar-refractivity contribution >= 4 is 17.4 Å². The molecule has 1 fully saturated rings. The van der Waals surface area contributed by atoms with Crippen molar-refractivity contribution in [3.8, 4) is 0 Å². The molecule has 0 aliphatic carbocycles. The fraction of sp³-hybridized carbons (Fsp3) is 0.440. The smallest absolute Gasteiger partial charge is 0.241 e. The minimum atomic E-state index is -0.218. The van der Waals surface area contributed by atoms with Gasteiger partial charge in [0.25, 0.3) is 0 Å². The highest BCUT2D eigenvalue weighted by Crippen LogP contribution is 2.25. The fourth-order valence-electron chi connectivity index (χ4n) is 3.85. The summed E-state index contributed by atoms with van der Waals surface area (Å²) in [6.07, 6.45) is 1.59. The maximum Gasteiger partial charge on any atom is 0.241 e. The Morgan fingerprint density at radius 3 is 2.10 bits per heavy atom. The van der Waals surface area contributed by atoms with Crippen LogP contribution in [0, 0.1) is 5.92 Å². The molecular formula is C25H32N2O2. The van der Waals surface area contributed by atoms with E-state index >= 15 is 0 Å². The molecular weight excluding hydrogens is 360 g/mol. The molecule has 1 amide bonds. The van der Waals surface area contributed by atoms with Crippen LogP contribution >= 0.6 is 0 Å². The predicted molar refractivity (Wildman–Crippen MR) is 118 cm³/mol. The summed E-state index contributed by atoms with van der Waals surface area (Å²) in [6, 6.07) is 17.4. The number of rotatable bonds is 5. The first-order valence-electron chi connectivity index (χ1n) is 10.5. The van der Waals surface area contributed by atoms with Gasteiger partial charge in [0, 0.05) is 17.2 Å². The van der Waals surface area contributed by atoms with E-state index in [1.807, 2.05) is 49.4 Å². The monoisotopic (exact) mass is 392 g/mol. The molecule has 0 bridgehead atoms. The maximum absolute atomic E-state index is 12.7. The molecule has 1 unspecified atom stereocenters. The van der Waals surface area contributed by atoms with Crippen molar-refractivity contribution in [3.63, 3.8) is 0 Å². The number of benzene rings is 2. The van der Waals surface area contributed by atoms with E-state index in [0.29, 0.717) is 0 Å². The Balaban J connectivity index is 1.53. The molecule has 0 saturated carbocycles. The molecule has 1 aliphatic heterocycles. The van der Waals surface area contributed by atoms with Crippen molar-refractivity contribution in [1.29, 1.82) is 0 Å². The second kappa shape index (κ2) is 8.91. The molecule has 0 aromatic heterocycles. The number of anilines is 1. The van der Waals surface area contributed by atoms with Gasteiger partial charge < -0.3 is 5.32 Å². The predicted octanol–water partition coefficient (Wildman–Crippen LogP) is 4.91. The summed E-state index contributed by atoms with van der Waals surface area (Å²) in [7, 11) is 0. The molecule has 29 heavy (non-hydrogen) atoms. The Morgan fingerprint density at radius 1 is 0.966 bits per heavy atom. The van der Waals surface area contributed by atoms with E-state index in [-0.39, 0.29) is 29.1 Å². The van der Waals surface area contributed by atoms with Crippen LogP contribution in [0.25, 0.3) is 0 Å². The fourth-order valence-corrected chi connectivity index (χ4v) is 3.85. The molecule has 2 aromatic carbocycles. The largest absolute Gasteiger partial charge is 0.325 e. The normalized spacial score (nSPS) is 17.0. The molecule has 0 spiro atoms. The molecule has 1 N–H and O–H groups in total. The van der Waals surface area contributed by atoms with Gasteiger partial charge in [-0.15, -0.1) is 0 Å². The number of piperidine rings is 1. The average molecular weight is 393 g/mol. The first kappa shape index (κ1) is 21.3. The first-order valence-corrected chi connectivity index (χ1v) is 10.5. The number of ketones is 1. The standard InChI is InChI=1S/C25H32N2O2/c1-18(24(29)26-22-12-10-21(11-13-22)25(2,3)4)27-16-14-20(15-17-27)23(28)19-8-6-5-7-9-19/h5-13,18,20H,14-17H2,1-4H3,(H,26,29). The van der Waals surface area contributed by atoms with Crippen LogP contribution in [0.5, 0.6) is 0 Å². The van der Waals surface area contributed by atoms with Crippen molar-refractivity contribution in [2.75, 3.05) is 18.4 Å². The van der Waals surface area contributed by atoms with Crippen molar-refractivity contribution in [2.24, 2.45) is 5.92 Å². The van der Waals surface area contributed by atoms with E-state index in [2.05, 4.69) is 43.1 Å². The van der Waals surface area contributed by atoms with E-state index in [0.717, 1.165) is 37.2 Å². The van der Waals surface area contributed by atoms with Crippen LogP contribution in [0.2, 0.25) is 0 Å². The van der Waals surface area contributed by atoms with Crippen LogP contribution in [-0.4, -0.2) is 35.7 Å². The highest BCUT2D eigenvalue weighted by atomic mass is 16.2. The lowest BCUT2D eigenvalue weighted by molar-refractivity contribution is -0.121. The van der Waals surface area contributed by atoms with Gasteiger partial charge in [-0.05, 0) is 56.0 Å². The number of nitrogens with zero attached hydrogens (tertiary/aromatic N) is 1. The van der Waals surface area contributed by atoms with Crippen molar-refractivity contribution < 1.29 is 9.59 Å². The summed E-state index contributed by atoms with van der Waals surface area (Å²) in [5, 5.41) is 3.03. The number of Topliss-reactive ketones (excluding diaryl/α,β-unsaturated/α-hetero) is 1. The van der Waals surface area contributed by atoms with Gasteiger partial charge in [-0.1, -0.05) is 63.2 Å². The van der Waals surface area contributed by atoms with Crippen molar-refractivity contribution in [1.82, 2.24) is 4.90 Å². The summed E-state index contributed by atoms with van der Waals surface area (Å²) in [6.45, 7) is 10.00. The third kappa shape index (κ3) is 5.33. The maximum atomic E-state index is 12.7. The van der Waals surface area contributed by atoms with Crippen LogP contribution < -0.4 is 5.32 Å². The van der Waals surface area contributed by atoms with Gasteiger partial charge in [-0.3, -0.25) is 14.5 Å². The Labute approximate surface area is 174 Å². The zero-order valence-electron chi connectivity index (χ0n) is 17.9. The minimum Gasteiger partial charge on any atom is -0.325 e. The third-order valence-corrected chi connectivity index (χ3v) is 5.90. The minimum absolute atomic E-state index is 0.00124. The lowest BCUT2D eigenvalue weighted by Crippen LogP contribution is -2.47. The molecule has 1 atom stereocenters. The SMILES string of the molecule is CC(C(=O)Nc1ccc(C(C)(C)C)cc1)N1CCC(C(=O)c2ccccc2)CC1. The Kier molecular flexibility index (Phi) is 6.53. The van der Waals surface area contributed by atoms with Gasteiger partial charge in [0.1, 0.15) is 0 Å². The first-order chi connectivity index (χ1) is 13.8. The molecule has 1 aliphatic rings. The van der Waals surface area contributed by atoms with Gasteiger partial charge in [0.05, 0.1) is 6.04 Å².